The summed E-state index contributed by atoms with van der Waals surface area (Å²) in [5, 5.41) is 6.28. The van der Waals surface area contributed by atoms with Crippen LogP contribution in [0.1, 0.15) is 17.2 Å². The van der Waals surface area contributed by atoms with Crippen LogP contribution in [-0.4, -0.2) is 32.7 Å². The average Bonchev–Trinajstić information content (AvgIpc) is 2.36. The van der Waals surface area contributed by atoms with Crippen LogP contribution in [-0.2, 0) is 16.0 Å². The van der Waals surface area contributed by atoms with Crippen molar-refractivity contribution >= 4 is 5.91 Å². The van der Waals surface area contributed by atoms with Crippen LogP contribution >= 0.6 is 0 Å². The first-order valence-corrected chi connectivity index (χ1v) is 5.88. The van der Waals surface area contributed by atoms with Crippen molar-refractivity contribution in [1.82, 2.24) is 10.6 Å². The largest absolute Gasteiger partial charge is 0.375 e. The van der Waals surface area contributed by atoms with Crippen LogP contribution < -0.4 is 10.6 Å². The van der Waals surface area contributed by atoms with Gasteiger partial charge in [0.1, 0.15) is 6.61 Å². The maximum atomic E-state index is 11.3. The number of carbonyl (C=O) groups is 1. The summed E-state index contributed by atoms with van der Waals surface area (Å²) in [5.74, 6) is -0.0719. The van der Waals surface area contributed by atoms with Gasteiger partial charge < -0.3 is 15.4 Å². The number of fused-ring (bicyclic) bond motifs is 1. The van der Waals surface area contributed by atoms with Gasteiger partial charge in [-0.25, -0.2) is 0 Å². The van der Waals surface area contributed by atoms with Crippen molar-refractivity contribution in [3.05, 3.63) is 35.4 Å². The molecular formula is C13H18N2O2. The SMILES string of the molecule is COCC(=O)NCC1NCCc2ccccc21. The lowest BCUT2D eigenvalue weighted by atomic mass is 9.94. The Morgan fingerprint density at radius 3 is 3.18 bits per heavy atom. The lowest BCUT2D eigenvalue weighted by molar-refractivity contribution is -0.124. The second-order valence-electron chi connectivity index (χ2n) is 4.19. The van der Waals surface area contributed by atoms with Gasteiger partial charge in [0.15, 0.2) is 0 Å². The summed E-state index contributed by atoms with van der Waals surface area (Å²) in [6, 6.07) is 8.58. The molecular weight excluding hydrogens is 216 g/mol. The predicted octanol–water partition coefficient (Wildman–Crippen LogP) is 0.636. The minimum atomic E-state index is -0.0719. The van der Waals surface area contributed by atoms with Gasteiger partial charge in [0.2, 0.25) is 5.91 Å². The summed E-state index contributed by atoms with van der Waals surface area (Å²) in [5.41, 5.74) is 2.66. The van der Waals surface area contributed by atoms with E-state index in [0.717, 1.165) is 13.0 Å². The molecule has 0 aliphatic carbocycles. The molecule has 1 aliphatic rings. The Morgan fingerprint density at radius 2 is 2.35 bits per heavy atom. The third-order valence-electron chi connectivity index (χ3n) is 2.99. The first kappa shape index (κ1) is 12.1. The van der Waals surface area contributed by atoms with Crippen LogP contribution in [0.15, 0.2) is 24.3 Å². The lowest BCUT2D eigenvalue weighted by Crippen LogP contribution is -2.39. The van der Waals surface area contributed by atoms with Crippen molar-refractivity contribution in [3.63, 3.8) is 0 Å². The lowest BCUT2D eigenvalue weighted by Gasteiger charge is -2.27. The van der Waals surface area contributed by atoms with Crippen molar-refractivity contribution in [1.29, 1.82) is 0 Å². The third-order valence-corrected chi connectivity index (χ3v) is 2.99. The predicted molar refractivity (Wildman–Crippen MR) is 65.8 cm³/mol. The van der Waals surface area contributed by atoms with Crippen LogP contribution in [0.2, 0.25) is 0 Å². The molecule has 0 saturated heterocycles. The topological polar surface area (TPSA) is 50.4 Å². The van der Waals surface area contributed by atoms with E-state index in [1.54, 1.807) is 0 Å². The van der Waals surface area contributed by atoms with Gasteiger partial charge in [-0.2, -0.15) is 0 Å². The Morgan fingerprint density at radius 1 is 1.53 bits per heavy atom. The van der Waals surface area contributed by atoms with Gasteiger partial charge in [-0.15, -0.1) is 0 Å². The van der Waals surface area contributed by atoms with Crippen LogP contribution in [0.4, 0.5) is 0 Å². The molecule has 4 heteroatoms. The molecule has 1 amide bonds. The van der Waals surface area contributed by atoms with E-state index in [4.69, 9.17) is 4.74 Å². The van der Waals surface area contributed by atoms with Gasteiger partial charge >= 0.3 is 0 Å². The van der Waals surface area contributed by atoms with Crippen LogP contribution in [0.5, 0.6) is 0 Å². The molecule has 1 aromatic rings. The number of nitrogens with one attached hydrogen (secondary N) is 2. The summed E-state index contributed by atoms with van der Waals surface area (Å²) in [4.78, 5) is 11.3. The first-order chi connectivity index (χ1) is 8.31. The Balaban J connectivity index is 1.97. The van der Waals surface area contributed by atoms with E-state index in [9.17, 15) is 4.79 Å². The highest BCUT2D eigenvalue weighted by Crippen LogP contribution is 2.21. The number of benzene rings is 1. The second-order valence-corrected chi connectivity index (χ2v) is 4.19. The fourth-order valence-corrected chi connectivity index (χ4v) is 2.17. The minimum Gasteiger partial charge on any atom is -0.375 e. The van der Waals surface area contributed by atoms with Crippen molar-refractivity contribution < 1.29 is 9.53 Å². The molecule has 0 saturated carbocycles. The maximum absolute atomic E-state index is 11.3. The van der Waals surface area contributed by atoms with Gasteiger partial charge in [-0.1, -0.05) is 24.3 Å². The van der Waals surface area contributed by atoms with Crippen LogP contribution in [0.3, 0.4) is 0 Å². The molecule has 1 aromatic carbocycles. The summed E-state index contributed by atoms with van der Waals surface area (Å²) < 4.78 is 4.78. The fraction of sp³-hybridized carbons (Fsp3) is 0.462. The molecule has 0 fully saturated rings. The van der Waals surface area contributed by atoms with E-state index in [0.29, 0.717) is 6.54 Å². The zero-order valence-electron chi connectivity index (χ0n) is 10.0. The molecule has 1 unspecified atom stereocenters. The van der Waals surface area contributed by atoms with Gasteiger partial charge in [-0.05, 0) is 24.1 Å². The van der Waals surface area contributed by atoms with Gasteiger partial charge in [-0.3, -0.25) is 4.79 Å². The van der Waals surface area contributed by atoms with E-state index in [-0.39, 0.29) is 18.6 Å². The molecule has 92 valence electrons. The third kappa shape index (κ3) is 3.05. The van der Waals surface area contributed by atoms with Crippen molar-refractivity contribution in [2.75, 3.05) is 26.8 Å². The Kier molecular flexibility index (Phi) is 4.12. The van der Waals surface area contributed by atoms with E-state index < -0.39 is 0 Å². The van der Waals surface area contributed by atoms with E-state index in [1.165, 1.54) is 18.2 Å². The second kappa shape index (κ2) is 5.80. The highest BCUT2D eigenvalue weighted by atomic mass is 16.5. The van der Waals surface area contributed by atoms with E-state index in [1.807, 2.05) is 6.07 Å². The Bertz CT molecular complexity index is 393. The van der Waals surface area contributed by atoms with Crippen molar-refractivity contribution in [3.8, 4) is 0 Å². The number of methoxy groups -OCH3 is 1. The van der Waals surface area contributed by atoms with Crippen molar-refractivity contribution in [2.45, 2.75) is 12.5 Å². The highest BCUT2D eigenvalue weighted by Gasteiger charge is 2.19. The number of ether oxygens (including phenoxy) is 1. The molecule has 0 spiro atoms. The Hall–Kier alpha value is -1.39. The molecule has 0 radical (unpaired) electrons. The minimum absolute atomic E-state index is 0.0719. The quantitative estimate of drug-likeness (QED) is 0.803. The molecule has 1 aliphatic heterocycles. The summed E-state index contributed by atoms with van der Waals surface area (Å²) in [7, 11) is 1.52. The summed E-state index contributed by atoms with van der Waals surface area (Å²) >= 11 is 0. The number of hydrogen-bond acceptors (Lipinski definition) is 3. The molecule has 4 nitrogen and oxygen atoms in total. The molecule has 0 aromatic heterocycles. The molecule has 0 bridgehead atoms. The number of hydrogen-bond donors (Lipinski definition) is 2. The van der Waals surface area contributed by atoms with Crippen LogP contribution in [0.25, 0.3) is 0 Å². The van der Waals surface area contributed by atoms with E-state index >= 15 is 0 Å². The number of carbonyl (C=O) groups excluding carboxylic acids is 1. The molecule has 1 heterocycles. The molecule has 2 rings (SSSR count). The highest BCUT2D eigenvalue weighted by molar-refractivity contribution is 5.77. The molecule has 2 N–H and O–H groups in total. The standard InChI is InChI=1S/C13H18N2O2/c1-17-9-13(16)15-8-12-11-5-3-2-4-10(11)6-7-14-12/h2-5,12,14H,6-9H2,1H3,(H,15,16). The van der Waals surface area contributed by atoms with Crippen molar-refractivity contribution in [2.24, 2.45) is 0 Å². The fourth-order valence-electron chi connectivity index (χ4n) is 2.17. The maximum Gasteiger partial charge on any atom is 0.246 e. The first-order valence-electron chi connectivity index (χ1n) is 5.88. The van der Waals surface area contributed by atoms with E-state index in [2.05, 4.69) is 28.8 Å². The zero-order chi connectivity index (χ0) is 12.1. The normalized spacial score (nSPS) is 18.5. The zero-order valence-corrected chi connectivity index (χ0v) is 10.0. The smallest absolute Gasteiger partial charge is 0.246 e. The van der Waals surface area contributed by atoms with Gasteiger partial charge in [0.25, 0.3) is 0 Å². The molecule has 1 atom stereocenters. The monoisotopic (exact) mass is 234 g/mol. The van der Waals surface area contributed by atoms with Gasteiger partial charge in [0.05, 0.1) is 0 Å². The molecule has 17 heavy (non-hydrogen) atoms. The van der Waals surface area contributed by atoms with Gasteiger partial charge in [0, 0.05) is 19.7 Å². The summed E-state index contributed by atoms with van der Waals surface area (Å²) in [6.07, 6.45) is 1.05. The van der Waals surface area contributed by atoms with Crippen LogP contribution in [0, 0.1) is 0 Å². The Labute approximate surface area is 101 Å². The average molecular weight is 234 g/mol. The number of rotatable bonds is 4. The number of amides is 1. The summed E-state index contributed by atoms with van der Waals surface area (Å²) in [6.45, 7) is 1.69.